The monoisotopic (exact) mass is 382 g/mol. The Morgan fingerprint density at radius 1 is 1.04 bits per heavy atom. The molecule has 0 spiro atoms. The Kier molecular flexibility index (Phi) is 4.17. The number of aromatic nitrogens is 1. The quantitative estimate of drug-likeness (QED) is 0.627. The Labute approximate surface area is 150 Å². The molecule has 2 aromatic carbocycles. The maximum Gasteiger partial charge on any atom is 0.158 e. The van der Waals surface area contributed by atoms with Crippen molar-refractivity contribution < 1.29 is 4.74 Å². The van der Waals surface area contributed by atoms with Crippen LogP contribution in [0.3, 0.4) is 0 Å². The molecule has 122 valence electrons. The van der Waals surface area contributed by atoms with Crippen LogP contribution in [0.15, 0.2) is 71.5 Å². The Morgan fingerprint density at radius 2 is 1.83 bits per heavy atom. The summed E-state index contributed by atoms with van der Waals surface area (Å²) in [5, 5.41) is 0. The van der Waals surface area contributed by atoms with Gasteiger partial charge in [-0.1, -0.05) is 29.8 Å². The molecule has 2 heterocycles. The third-order valence-electron chi connectivity index (χ3n) is 4.39. The van der Waals surface area contributed by atoms with E-state index in [2.05, 4.69) is 87.2 Å². The van der Waals surface area contributed by atoms with Gasteiger partial charge in [-0.25, -0.2) is 0 Å². The highest BCUT2D eigenvalue weighted by atomic mass is 79.9. The summed E-state index contributed by atoms with van der Waals surface area (Å²) in [5.41, 5.74) is 4.78. The molecule has 1 saturated heterocycles. The molecule has 4 heteroatoms. The Bertz CT molecular complexity index is 841. The maximum absolute atomic E-state index is 6.02. The second-order valence-corrected chi connectivity index (χ2v) is 6.91. The van der Waals surface area contributed by atoms with E-state index in [0.29, 0.717) is 0 Å². The lowest BCUT2D eigenvalue weighted by Crippen LogP contribution is -2.22. The topological polar surface area (TPSA) is 17.4 Å². The van der Waals surface area contributed by atoms with Crippen LogP contribution < -0.4 is 4.90 Å². The normalized spacial score (nSPS) is 17.4. The Morgan fingerprint density at radius 3 is 2.62 bits per heavy atom. The Hall–Kier alpha value is -2.04. The van der Waals surface area contributed by atoms with Gasteiger partial charge in [-0.05, 0) is 53.2 Å². The van der Waals surface area contributed by atoms with E-state index >= 15 is 0 Å². The van der Waals surface area contributed by atoms with Crippen LogP contribution in [0.5, 0.6) is 0 Å². The lowest BCUT2D eigenvalue weighted by Gasteiger charge is -2.24. The zero-order valence-corrected chi connectivity index (χ0v) is 15.1. The second-order valence-electron chi connectivity index (χ2n) is 6.06. The van der Waals surface area contributed by atoms with Crippen molar-refractivity contribution in [3.63, 3.8) is 0 Å². The summed E-state index contributed by atoms with van der Waals surface area (Å²) in [5.74, 6) is 0. The first-order chi connectivity index (χ1) is 11.7. The van der Waals surface area contributed by atoms with Gasteiger partial charge < -0.3 is 14.2 Å². The average molecular weight is 383 g/mol. The fraction of sp³-hybridized carbons (Fsp3) is 0.200. The maximum atomic E-state index is 6.02. The molecule has 1 fully saturated rings. The molecule has 3 nitrogen and oxygen atoms in total. The number of para-hydroxylation sites is 1. The fourth-order valence-corrected chi connectivity index (χ4v) is 3.61. The third kappa shape index (κ3) is 2.87. The zero-order chi connectivity index (χ0) is 16.5. The molecule has 3 aromatic rings. The van der Waals surface area contributed by atoms with Crippen molar-refractivity contribution in [1.29, 1.82) is 0 Å². The van der Waals surface area contributed by atoms with E-state index in [1.807, 2.05) is 12.1 Å². The van der Waals surface area contributed by atoms with E-state index < -0.39 is 0 Å². The van der Waals surface area contributed by atoms with Crippen LogP contribution in [-0.2, 0) is 4.74 Å². The number of nitrogens with zero attached hydrogens (tertiary/aromatic N) is 2. The van der Waals surface area contributed by atoms with Gasteiger partial charge in [-0.15, -0.1) is 0 Å². The summed E-state index contributed by atoms with van der Waals surface area (Å²) in [7, 11) is 0. The van der Waals surface area contributed by atoms with Crippen molar-refractivity contribution in [1.82, 2.24) is 4.57 Å². The van der Waals surface area contributed by atoms with Crippen molar-refractivity contribution in [3.8, 4) is 5.69 Å². The number of benzene rings is 2. The van der Waals surface area contributed by atoms with Crippen LogP contribution in [0.2, 0.25) is 0 Å². The van der Waals surface area contributed by atoms with Gasteiger partial charge in [0, 0.05) is 34.7 Å². The predicted octanol–water partition coefficient (Wildman–Crippen LogP) is 5.08. The van der Waals surface area contributed by atoms with Gasteiger partial charge in [0.1, 0.15) is 0 Å². The highest BCUT2D eigenvalue weighted by molar-refractivity contribution is 9.10. The lowest BCUT2D eigenvalue weighted by molar-refractivity contribution is 0.114. The van der Waals surface area contributed by atoms with Crippen LogP contribution in [0.4, 0.5) is 5.69 Å². The molecule has 0 saturated carbocycles. The highest BCUT2D eigenvalue weighted by Gasteiger charge is 2.27. The van der Waals surface area contributed by atoms with Crippen LogP contribution in [-0.4, -0.2) is 17.7 Å². The van der Waals surface area contributed by atoms with Gasteiger partial charge in [-0.3, -0.25) is 0 Å². The number of halogens is 1. The minimum Gasteiger partial charge on any atom is -0.352 e. The van der Waals surface area contributed by atoms with Gasteiger partial charge in [-0.2, -0.15) is 0 Å². The molecular formula is C20H19BrN2O. The molecule has 0 radical (unpaired) electrons. The number of hydrogen-bond acceptors (Lipinski definition) is 2. The SMILES string of the molecule is Cc1ccc(N2CCO[C@H]2c2ccn(-c3ccccc3Br)c2)cc1. The average Bonchev–Trinajstić information content (AvgIpc) is 3.25. The van der Waals surface area contributed by atoms with E-state index in [0.717, 1.165) is 23.3 Å². The lowest BCUT2D eigenvalue weighted by atomic mass is 10.2. The molecule has 0 amide bonds. The molecule has 1 aromatic heterocycles. The number of anilines is 1. The predicted molar refractivity (Wildman–Crippen MR) is 101 cm³/mol. The molecule has 1 aliphatic rings. The van der Waals surface area contributed by atoms with Gasteiger partial charge >= 0.3 is 0 Å². The molecule has 0 unspecified atom stereocenters. The molecule has 1 aliphatic heterocycles. The van der Waals surface area contributed by atoms with E-state index in [-0.39, 0.29) is 6.23 Å². The molecule has 0 N–H and O–H groups in total. The summed E-state index contributed by atoms with van der Waals surface area (Å²) >= 11 is 3.62. The second kappa shape index (κ2) is 6.46. The third-order valence-corrected chi connectivity index (χ3v) is 5.06. The molecule has 0 aliphatic carbocycles. The van der Waals surface area contributed by atoms with Crippen LogP contribution >= 0.6 is 15.9 Å². The highest BCUT2D eigenvalue weighted by Crippen LogP contribution is 2.33. The minimum atomic E-state index is -0.0311. The first-order valence-electron chi connectivity index (χ1n) is 8.10. The van der Waals surface area contributed by atoms with Crippen LogP contribution in [0.25, 0.3) is 5.69 Å². The van der Waals surface area contributed by atoms with Gasteiger partial charge in [0.15, 0.2) is 6.23 Å². The number of rotatable bonds is 3. The van der Waals surface area contributed by atoms with E-state index in [9.17, 15) is 0 Å². The Balaban J connectivity index is 1.64. The summed E-state index contributed by atoms with van der Waals surface area (Å²) < 4.78 is 9.23. The molecular weight excluding hydrogens is 364 g/mol. The van der Waals surface area contributed by atoms with Crippen molar-refractivity contribution in [2.45, 2.75) is 13.2 Å². The summed E-state index contributed by atoms with van der Waals surface area (Å²) in [6.07, 6.45) is 4.21. The summed E-state index contributed by atoms with van der Waals surface area (Å²) in [6, 6.07) is 19.0. The summed E-state index contributed by atoms with van der Waals surface area (Å²) in [4.78, 5) is 2.32. The minimum absolute atomic E-state index is 0.0311. The van der Waals surface area contributed by atoms with Crippen molar-refractivity contribution in [2.75, 3.05) is 18.1 Å². The first-order valence-corrected chi connectivity index (χ1v) is 8.89. The zero-order valence-electron chi connectivity index (χ0n) is 13.5. The van der Waals surface area contributed by atoms with Gasteiger partial charge in [0.05, 0.1) is 12.3 Å². The van der Waals surface area contributed by atoms with E-state index in [4.69, 9.17) is 4.74 Å². The van der Waals surface area contributed by atoms with Gasteiger partial charge in [0.2, 0.25) is 0 Å². The van der Waals surface area contributed by atoms with Crippen molar-refractivity contribution in [2.24, 2.45) is 0 Å². The van der Waals surface area contributed by atoms with Crippen molar-refractivity contribution in [3.05, 3.63) is 82.6 Å². The summed E-state index contributed by atoms with van der Waals surface area (Å²) in [6.45, 7) is 3.77. The van der Waals surface area contributed by atoms with Gasteiger partial charge in [0.25, 0.3) is 0 Å². The van der Waals surface area contributed by atoms with Crippen LogP contribution in [0, 0.1) is 6.92 Å². The van der Waals surface area contributed by atoms with Crippen LogP contribution in [0.1, 0.15) is 17.4 Å². The number of aryl methyl sites for hydroxylation is 1. The standard InChI is InChI=1S/C20H19BrN2O/c1-15-6-8-17(9-7-15)23-12-13-24-20(23)16-10-11-22(14-16)19-5-3-2-4-18(19)21/h2-11,14,20H,12-13H2,1H3/t20-/m0/s1. The molecule has 4 rings (SSSR count). The largest absolute Gasteiger partial charge is 0.352 e. The number of ether oxygens (including phenoxy) is 1. The molecule has 0 bridgehead atoms. The molecule has 1 atom stereocenters. The molecule has 24 heavy (non-hydrogen) atoms. The smallest absolute Gasteiger partial charge is 0.158 e. The van der Waals surface area contributed by atoms with Crippen molar-refractivity contribution >= 4 is 21.6 Å². The number of hydrogen-bond donors (Lipinski definition) is 0. The van der Waals surface area contributed by atoms with E-state index in [1.54, 1.807) is 0 Å². The first kappa shape index (κ1) is 15.5. The van der Waals surface area contributed by atoms with E-state index in [1.165, 1.54) is 16.8 Å². The fourth-order valence-electron chi connectivity index (χ4n) is 3.12.